The number of allylic oxidation sites excluding steroid dienone is 1. The summed E-state index contributed by atoms with van der Waals surface area (Å²) in [4.78, 5) is 0. The van der Waals surface area contributed by atoms with Crippen molar-refractivity contribution >= 4 is 0 Å². The van der Waals surface area contributed by atoms with Gasteiger partial charge < -0.3 is 12.4 Å². The molecule has 1 nitrogen and oxygen atoms in total. The van der Waals surface area contributed by atoms with Crippen LogP contribution in [0.5, 0.6) is 0 Å². The Bertz CT molecular complexity index is 196. The van der Waals surface area contributed by atoms with Gasteiger partial charge >= 0.3 is 0 Å². The molecule has 0 aromatic carbocycles. The number of hydrogen-bond acceptors (Lipinski definition) is 0. The normalized spacial score (nSPS) is 8.36. The monoisotopic (exact) mass is 169 g/mol. The van der Waals surface area contributed by atoms with E-state index in [9.17, 15) is 0 Å². The second kappa shape index (κ2) is 5.93. The lowest BCUT2D eigenvalue weighted by atomic mass is 10.4. The molecule has 0 aliphatic rings. The molecule has 0 atom stereocenters. The van der Waals surface area contributed by atoms with Gasteiger partial charge in [0.15, 0.2) is 18.9 Å². The van der Waals surface area contributed by atoms with E-state index in [0.717, 1.165) is 13.0 Å². The van der Waals surface area contributed by atoms with Crippen LogP contribution in [0.1, 0.15) is 6.42 Å². The average Bonchev–Trinajstić information content (AvgIpc) is 2.03. The van der Waals surface area contributed by atoms with Crippen molar-refractivity contribution in [1.29, 1.82) is 0 Å². The topological polar surface area (TPSA) is 3.88 Å². The smallest absolute Gasteiger partial charge is 0.168 e. The number of pyridine rings is 1. The first-order valence-electron chi connectivity index (χ1n) is 3.48. The zero-order valence-electron chi connectivity index (χ0n) is 6.41. The van der Waals surface area contributed by atoms with Crippen LogP contribution in [-0.2, 0) is 6.54 Å². The molecule has 0 aliphatic heterocycles. The van der Waals surface area contributed by atoms with E-state index in [-0.39, 0.29) is 12.4 Å². The minimum Gasteiger partial charge on any atom is -1.00 e. The number of aryl methyl sites for hydroxylation is 1. The highest BCUT2D eigenvalue weighted by atomic mass is 35.5. The highest BCUT2D eigenvalue weighted by Gasteiger charge is 1.92. The zero-order valence-corrected chi connectivity index (χ0v) is 7.17. The molecular weight excluding hydrogens is 158 g/mol. The molecule has 0 fully saturated rings. The number of rotatable bonds is 3. The molecule has 11 heavy (non-hydrogen) atoms. The van der Waals surface area contributed by atoms with Crippen molar-refractivity contribution in [3.63, 3.8) is 0 Å². The third kappa shape index (κ3) is 3.79. The summed E-state index contributed by atoms with van der Waals surface area (Å²) in [5.41, 5.74) is 0. The first-order valence-corrected chi connectivity index (χ1v) is 3.48. The fourth-order valence-electron chi connectivity index (χ4n) is 0.824. The molecular formula is C9H12ClN. The number of nitrogens with zero attached hydrogens (tertiary/aromatic N) is 1. The van der Waals surface area contributed by atoms with Gasteiger partial charge in [0.05, 0.1) is 0 Å². The quantitative estimate of drug-likeness (QED) is 0.385. The lowest BCUT2D eigenvalue weighted by Crippen LogP contribution is -3.00. The Hall–Kier alpha value is -0.820. The molecule has 0 saturated heterocycles. The van der Waals surface area contributed by atoms with Gasteiger partial charge in [0, 0.05) is 18.6 Å². The van der Waals surface area contributed by atoms with Crippen LogP contribution in [0, 0.1) is 0 Å². The summed E-state index contributed by atoms with van der Waals surface area (Å²) < 4.78 is 2.14. The predicted molar refractivity (Wildman–Crippen MR) is 41.5 cm³/mol. The molecule has 0 amide bonds. The summed E-state index contributed by atoms with van der Waals surface area (Å²) in [5.74, 6) is 0. The van der Waals surface area contributed by atoms with Crippen LogP contribution in [0.25, 0.3) is 0 Å². The van der Waals surface area contributed by atoms with Crippen LogP contribution >= 0.6 is 0 Å². The van der Waals surface area contributed by atoms with Crippen LogP contribution in [0.3, 0.4) is 0 Å². The van der Waals surface area contributed by atoms with Crippen LogP contribution < -0.4 is 17.0 Å². The molecule has 0 N–H and O–H groups in total. The molecule has 0 saturated carbocycles. The molecule has 0 spiro atoms. The molecule has 1 rings (SSSR count). The van der Waals surface area contributed by atoms with Gasteiger partial charge in [-0.1, -0.05) is 12.1 Å². The Kier molecular flexibility index (Phi) is 5.49. The van der Waals surface area contributed by atoms with E-state index in [1.807, 2.05) is 24.3 Å². The summed E-state index contributed by atoms with van der Waals surface area (Å²) in [7, 11) is 0. The molecule has 2 heteroatoms. The third-order valence-corrected chi connectivity index (χ3v) is 1.37. The lowest BCUT2D eigenvalue weighted by molar-refractivity contribution is -0.696. The van der Waals surface area contributed by atoms with Crippen LogP contribution in [0.15, 0.2) is 43.2 Å². The highest BCUT2D eigenvalue weighted by molar-refractivity contribution is 4.83. The van der Waals surface area contributed by atoms with Crippen molar-refractivity contribution in [3.8, 4) is 0 Å². The fraction of sp³-hybridized carbons (Fsp3) is 0.222. The summed E-state index contributed by atoms with van der Waals surface area (Å²) >= 11 is 0. The summed E-state index contributed by atoms with van der Waals surface area (Å²) in [6.07, 6.45) is 7.08. The molecule has 1 aromatic rings. The van der Waals surface area contributed by atoms with E-state index >= 15 is 0 Å². The Morgan fingerprint density at radius 1 is 1.18 bits per heavy atom. The Labute approximate surface area is 73.8 Å². The number of aromatic nitrogens is 1. The lowest BCUT2D eigenvalue weighted by Gasteiger charge is -1.89. The van der Waals surface area contributed by atoms with Crippen molar-refractivity contribution in [1.82, 2.24) is 0 Å². The van der Waals surface area contributed by atoms with Gasteiger partial charge in [-0.3, -0.25) is 0 Å². The maximum atomic E-state index is 3.66. The van der Waals surface area contributed by atoms with E-state index in [1.54, 1.807) is 0 Å². The molecule has 1 heterocycles. The van der Waals surface area contributed by atoms with Crippen LogP contribution in [0.2, 0.25) is 0 Å². The standard InChI is InChI=1S/C9H12N.ClH/c1-2-3-7-10-8-5-4-6-9-10;/h2,4-6,8-9H,1,3,7H2;1H/q+1;/p-1. The van der Waals surface area contributed by atoms with E-state index in [0.29, 0.717) is 0 Å². The average molecular weight is 170 g/mol. The Balaban J connectivity index is 0.000001000. The highest BCUT2D eigenvalue weighted by Crippen LogP contribution is 1.81. The molecule has 60 valence electrons. The Morgan fingerprint density at radius 2 is 1.82 bits per heavy atom. The predicted octanol–water partition coefficient (Wildman–Crippen LogP) is -1.45. The van der Waals surface area contributed by atoms with Crippen LogP contribution in [0.4, 0.5) is 0 Å². The maximum Gasteiger partial charge on any atom is 0.168 e. The minimum absolute atomic E-state index is 0. The molecule has 0 bridgehead atoms. The first kappa shape index (κ1) is 10.2. The van der Waals surface area contributed by atoms with E-state index in [2.05, 4.69) is 23.5 Å². The number of hydrogen-bond donors (Lipinski definition) is 0. The van der Waals surface area contributed by atoms with Gasteiger partial charge in [-0.05, 0) is 0 Å². The third-order valence-electron chi connectivity index (χ3n) is 1.37. The minimum atomic E-state index is 0. The maximum absolute atomic E-state index is 3.66. The summed E-state index contributed by atoms with van der Waals surface area (Å²) in [6.45, 7) is 4.69. The summed E-state index contributed by atoms with van der Waals surface area (Å²) in [5, 5.41) is 0. The van der Waals surface area contributed by atoms with E-state index in [1.165, 1.54) is 0 Å². The van der Waals surface area contributed by atoms with Crippen molar-refractivity contribution < 1.29 is 17.0 Å². The van der Waals surface area contributed by atoms with E-state index in [4.69, 9.17) is 0 Å². The summed E-state index contributed by atoms with van der Waals surface area (Å²) in [6, 6.07) is 6.08. The van der Waals surface area contributed by atoms with Gasteiger partial charge in [0.2, 0.25) is 0 Å². The molecule has 1 aromatic heterocycles. The van der Waals surface area contributed by atoms with Gasteiger partial charge in [-0.2, -0.15) is 0 Å². The first-order chi connectivity index (χ1) is 4.93. The molecule has 0 unspecified atom stereocenters. The zero-order chi connectivity index (χ0) is 7.23. The second-order valence-electron chi connectivity index (χ2n) is 2.19. The van der Waals surface area contributed by atoms with Gasteiger partial charge in [-0.15, -0.1) is 6.58 Å². The van der Waals surface area contributed by atoms with E-state index < -0.39 is 0 Å². The fourth-order valence-corrected chi connectivity index (χ4v) is 0.824. The van der Waals surface area contributed by atoms with Gasteiger partial charge in [0.25, 0.3) is 0 Å². The largest absolute Gasteiger partial charge is 1.00 e. The SMILES string of the molecule is C=CCC[n+]1ccccc1.[Cl-]. The van der Waals surface area contributed by atoms with Crippen molar-refractivity contribution in [2.45, 2.75) is 13.0 Å². The van der Waals surface area contributed by atoms with Crippen molar-refractivity contribution in [3.05, 3.63) is 43.2 Å². The number of halogens is 1. The van der Waals surface area contributed by atoms with Gasteiger partial charge in [0.1, 0.15) is 0 Å². The molecule has 0 radical (unpaired) electrons. The Morgan fingerprint density at radius 3 is 2.36 bits per heavy atom. The van der Waals surface area contributed by atoms with Crippen LogP contribution in [-0.4, -0.2) is 0 Å². The van der Waals surface area contributed by atoms with Crippen molar-refractivity contribution in [2.24, 2.45) is 0 Å². The van der Waals surface area contributed by atoms with Gasteiger partial charge in [-0.25, -0.2) is 4.57 Å². The van der Waals surface area contributed by atoms with Crippen molar-refractivity contribution in [2.75, 3.05) is 0 Å². The second-order valence-corrected chi connectivity index (χ2v) is 2.19. The molecule has 0 aliphatic carbocycles.